The standard InChI is InChI=1S/C16H21N3O4.ClH/c17-9-14(20)18-10-15(21)19-6-2-4-12(19)11-3-1-5-13-16(11)23-8-7-22-13;/h1,3,5,12H,2,4,6-10,17H2,(H,18,20);1H. The number of fused-ring (bicyclic) bond motifs is 1. The van der Waals surface area contributed by atoms with E-state index in [-0.39, 0.29) is 43.4 Å². The van der Waals surface area contributed by atoms with Crippen LogP contribution < -0.4 is 20.5 Å². The number of para-hydroxylation sites is 1. The molecule has 2 aliphatic rings. The summed E-state index contributed by atoms with van der Waals surface area (Å²) in [6.07, 6.45) is 1.79. The van der Waals surface area contributed by atoms with Crippen LogP contribution in [0.25, 0.3) is 0 Å². The molecule has 0 aliphatic carbocycles. The van der Waals surface area contributed by atoms with Crippen LogP contribution in [0.1, 0.15) is 24.4 Å². The number of rotatable bonds is 4. The van der Waals surface area contributed by atoms with Gasteiger partial charge in [-0.2, -0.15) is 0 Å². The van der Waals surface area contributed by atoms with Gasteiger partial charge in [-0.05, 0) is 18.9 Å². The van der Waals surface area contributed by atoms with E-state index in [1.165, 1.54) is 0 Å². The van der Waals surface area contributed by atoms with E-state index in [1.807, 2.05) is 18.2 Å². The average Bonchev–Trinajstić information content (AvgIpc) is 3.08. The van der Waals surface area contributed by atoms with Crippen molar-refractivity contribution in [1.29, 1.82) is 0 Å². The summed E-state index contributed by atoms with van der Waals surface area (Å²) in [5.41, 5.74) is 6.21. The number of nitrogens with zero attached hydrogens (tertiary/aromatic N) is 1. The molecule has 7 nitrogen and oxygen atoms in total. The van der Waals surface area contributed by atoms with Crippen LogP contribution >= 0.6 is 12.4 Å². The Bertz CT molecular complexity index is 611. The summed E-state index contributed by atoms with van der Waals surface area (Å²) in [6.45, 7) is 1.58. The summed E-state index contributed by atoms with van der Waals surface area (Å²) < 4.78 is 11.4. The number of carbonyl (C=O) groups is 2. The highest BCUT2D eigenvalue weighted by Gasteiger charge is 2.33. The number of amides is 2. The van der Waals surface area contributed by atoms with Crippen LogP contribution in [0.5, 0.6) is 11.5 Å². The van der Waals surface area contributed by atoms with Crippen molar-refractivity contribution in [2.75, 3.05) is 32.8 Å². The predicted molar refractivity (Wildman–Crippen MR) is 90.4 cm³/mol. The van der Waals surface area contributed by atoms with Crippen molar-refractivity contribution in [3.63, 3.8) is 0 Å². The van der Waals surface area contributed by atoms with Gasteiger partial charge in [-0.25, -0.2) is 0 Å². The third-order valence-corrected chi connectivity index (χ3v) is 4.15. The Balaban J connectivity index is 0.00000208. The summed E-state index contributed by atoms with van der Waals surface area (Å²) in [7, 11) is 0. The Morgan fingerprint density at radius 2 is 2.08 bits per heavy atom. The summed E-state index contributed by atoms with van der Waals surface area (Å²) in [5.74, 6) is 1.02. The molecule has 8 heteroatoms. The zero-order valence-electron chi connectivity index (χ0n) is 13.3. The Morgan fingerprint density at radius 3 is 2.88 bits per heavy atom. The smallest absolute Gasteiger partial charge is 0.242 e. The highest BCUT2D eigenvalue weighted by Crippen LogP contribution is 2.42. The second kappa shape index (κ2) is 8.21. The molecule has 0 bridgehead atoms. The van der Waals surface area contributed by atoms with Gasteiger partial charge in [-0.3, -0.25) is 9.59 Å². The molecule has 1 saturated heterocycles. The minimum absolute atomic E-state index is 0. The van der Waals surface area contributed by atoms with Gasteiger partial charge in [0, 0.05) is 12.1 Å². The number of hydrogen-bond donors (Lipinski definition) is 2. The fraction of sp³-hybridized carbons (Fsp3) is 0.500. The zero-order chi connectivity index (χ0) is 16.2. The summed E-state index contributed by atoms with van der Waals surface area (Å²) >= 11 is 0. The quantitative estimate of drug-likeness (QED) is 0.825. The Kier molecular flexibility index (Phi) is 6.28. The molecule has 1 unspecified atom stereocenters. The molecule has 1 aromatic rings. The number of nitrogens with one attached hydrogen (secondary N) is 1. The van der Waals surface area contributed by atoms with Crippen LogP contribution in [0.15, 0.2) is 18.2 Å². The molecule has 0 saturated carbocycles. The monoisotopic (exact) mass is 355 g/mol. The third kappa shape index (κ3) is 3.73. The van der Waals surface area contributed by atoms with Crippen LogP contribution in [-0.2, 0) is 9.59 Å². The van der Waals surface area contributed by atoms with E-state index in [4.69, 9.17) is 15.2 Å². The number of halogens is 1. The normalized spacial score (nSPS) is 18.7. The number of benzene rings is 1. The lowest BCUT2D eigenvalue weighted by molar-refractivity contribution is -0.133. The second-order valence-corrected chi connectivity index (χ2v) is 5.60. The minimum Gasteiger partial charge on any atom is -0.486 e. The van der Waals surface area contributed by atoms with E-state index < -0.39 is 0 Å². The maximum atomic E-state index is 12.4. The van der Waals surface area contributed by atoms with Gasteiger partial charge in [-0.15, -0.1) is 12.4 Å². The molecule has 24 heavy (non-hydrogen) atoms. The molecule has 2 aliphatic heterocycles. The van der Waals surface area contributed by atoms with Gasteiger partial charge in [0.15, 0.2) is 11.5 Å². The Morgan fingerprint density at radius 1 is 1.29 bits per heavy atom. The lowest BCUT2D eigenvalue weighted by Crippen LogP contribution is -2.41. The first-order valence-electron chi connectivity index (χ1n) is 7.85. The van der Waals surface area contributed by atoms with Gasteiger partial charge < -0.3 is 25.4 Å². The molecule has 2 heterocycles. The largest absolute Gasteiger partial charge is 0.486 e. The molecular weight excluding hydrogens is 334 g/mol. The lowest BCUT2D eigenvalue weighted by Gasteiger charge is -2.29. The fourth-order valence-electron chi connectivity index (χ4n) is 3.10. The number of likely N-dealkylation sites (tertiary alicyclic amines) is 1. The first-order valence-corrected chi connectivity index (χ1v) is 7.85. The van der Waals surface area contributed by atoms with E-state index in [2.05, 4.69) is 5.32 Å². The van der Waals surface area contributed by atoms with Crippen LogP contribution in [0.3, 0.4) is 0 Å². The van der Waals surface area contributed by atoms with E-state index >= 15 is 0 Å². The SMILES string of the molecule is Cl.NCC(=O)NCC(=O)N1CCCC1c1cccc2c1OCCO2. The highest BCUT2D eigenvalue weighted by molar-refractivity contribution is 5.86. The molecular formula is C16H22ClN3O4. The van der Waals surface area contributed by atoms with Crippen molar-refractivity contribution in [2.45, 2.75) is 18.9 Å². The zero-order valence-corrected chi connectivity index (χ0v) is 14.1. The minimum atomic E-state index is -0.331. The van der Waals surface area contributed by atoms with Crippen molar-refractivity contribution in [1.82, 2.24) is 10.2 Å². The molecule has 1 atom stereocenters. The number of nitrogens with two attached hydrogens (primary N) is 1. The lowest BCUT2D eigenvalue weighted by atomic mass is 10.0. The molecule has 0 spiro atoms. The maximum absolute atomic E-state index is 12.4. The van der Waals surface area contributed by atoms with Gasteiger partial charge in [0.1, 0.15) is 13.2 Å². The van der Waals surface area contributed by atoms with Crippen LogP contribution in [0, 0.1) is 0 Å². The predicted octanol–water partition coefficient (Wildman–Crippen LogP) is 0.618. The highest BCUT2D eigenvalue weighted by atomic mass is 35.5. The Hall–Kier alpha value is -1.99. The number of carbonyl (C=O) groups excluding carboxylic acids is 2. The van der Waals surface area contributed by atoms with E-state index in [0.717, 1.165) is 29.9 Å². The van der Waals surface area contributed by atoms with E-state index in [0.29, 0.717) is 19.8 Å². The maximum Gasteiger partial charge on any atom is 0.242 e. The molecule has 3 rings (SSSR count). The van der Waals surface area contributed by atoms with Gasteiger partial charge in [0.2, 0.25) is 11.8 Å². The number of hydrogen-bond acceptors (Lipinski definition) is 5. The first-order chi connectivity index (χ1) is 11.2. The van der Waals surface area contributed by atoms with Crippen molar-refractivity contribution >= 4 is 24.2 Å². The summed E-state index contributed by atoms with van der Waals surface area (Å²) in [6, 6.07) is 5.72. The van der Waals surface area contributed by atoms with Crippen LogP contribution in [0.2, 0.25) is 0 Å². The van der Waals surface area contributed by atoms with Gasteiger partial charge in [-0.1, -0.05) is 12.1 Å². The average molecular weight is 356 g/mol. The first kappa shape index (κ1) is 18.4. The van der Waals surface area contributed by atoms with E-state index in [1.54, 1.807) is 4.90 Å². The fourth-order valence-corrected chi connectivity index (χ4v) is 3.10. The van der Waals surface area contributed by atoms with E-state index in [9.17, 15) is 9.59 Å². The van der Waals surface area contributed by atoms with Gasteiger partial charge in [0.25, 0.3) is 0 Å². The van der Waals surface area contributed by atoms with Crippen molar-refractivity contribution in [2.24, 2.45) is 5.73 Å². The number of ether oxygens (including phenoxy) is 2. The molecule has 1 fully saturated rings. The molecule has 3 N–H and O–H groups in total. The topological polar surface area (TPSA) is 93.9 Å². The molecule has 2 amide bonds. The summed E-state index contributed by atoms with van der Waals surface area (Å²) in [5, 5.41) is 2.53. The summed E-state index contributed by atoms with van der Waals surface area (Å²) in [4.78, 5) is 25.4. The van der Waals surface area contributed by atoms with Crippen molar-refractivity contribution in [3.8, 4) is 11.5 Å². The third-order valence-electron chi connectivity index (χ3n) is 4.15. The molecule has 1 aromatic carbocycles. The van der Waals surface area contributed by atoms with Gasteiger partial charge in [0.05, 0.1) is 19.1 Å². The van der Waals surface area contributed by atoms with Crippen LogP contribution in [-0.4, -0.2) is 49.6 Å². The second-order valence-electron chi connectivity index (χ2n) is 5.60. The molecule has 0 radical (unpaired) electrons. The van der Waals surface area contributed by atoms with Crippen molar-refractivity contribution in [3.05, 3.63) is 23.8 Å². The van der Waals surface area contributed by atoms with Gasteiger partial charge >= 0.3 is 0 Å². The Labute approximate surface area is 146 Å². The van der Waals surface area contributed by atoms with Crippen LogP contribution in [0.4, 0.5) is 0 Å². The molecule has 132 valence electrons. The molecule has 0 aromatic heterocycles. The van der Waals surface area contributed by atoms with Crippen molar-refractivity contribution < 1.29 is 19.1 Å².